The van der Waals surface area contributed by atoms with Gasteiger partial charge in [-0.3, -0.25) is 0 Å². The van der Waals surface area contributed by atoms with Crippen molar-refractivity contribution >= 4 is 10.9 Å². The van der Waals surface area contributed by atoms with Gasteiger partial charge in [-0.2, -0.15) is 0 Å². The number of aryl methyl sites for hydroxylation is 2. The van der Waals surface area contributed by atoms with E-state index in [0.29, 0.717) is 0 Å². The fourth-order valence-electron chi connectivity index (χ4n) is 3.10. The Kier molecular flexibility index (Phi) is 2.70. The molecule has 1 aromatic heterocycles. The molecule has 0 unspecified atom stereocenters. The first kappa shape index (κ1) is 10.9. The van der Waals surface area contributed by atoms with Crippen molar-refractivity contribution in [3.8, 4) is 0 Å². The first-order chi connectivity index (χ1) is 8.25. The van der Waals surface area contributed by atoms with Crippen LogP contribution in [0.4, 0.5) is 0 Å². The highest BCUT2D eigenvalue weighted by atomic mass is 14.7. The van der Waals surface area contributed by atoms with E-state index >= 15 is 0 Å². The summed E-state index contributed by atoms with van der Waals surface area (Å²) in [6.45, 7) is 4.41. The van der Waals surface area contributed by atoms with Gasteiger partial charge in [-0.1, -0.05) is 31.4 Å². The molecule has 0 amide bonds. The van der Waals surface area contributed by atoms with Crippen LogP contribution in [0.3, 0.4) is 0 Å². The highest BCUT2D eigenvalue weighted by molar-refractivity contribution is 5.84. The van der Waals surface area contributed by atoms with Crippen molar-refractivity contribution in [1.29, 1.82) is 0 Å². The first-order valence-corrected chi connectivity index (χ1v) is 6.84. The molecule has 1 saturated carbocycles. The number of benzene rings is 1. The number of aromatic amines is 1. The van der Waals surface area contributed by atoms with Gasteiger partial charge in [0.05, 0.1) is 0 Å². The van der Waals surface area contributed by atoms with Crippen LogP contribution in [0.5, 0.6) is 0 Å². The number of hydrogen-bond donors (Lipinski definition) is 1. The van der Waals surface area contributed by atoms with Crippen LogP contribution in [0.15, 0.2) is 18.2 Å². The van der Waals surface area contributed by atoms with E-state index in [0.717, 1.165) is 5.92 Å². The molecule has 1 fully saturated rings. The summed E-state index contributed by atoms with van der Waals surface area (Å²) in [5.41, 5.74) is 5.61. The van der Waals surface area contributed by atoms with Gasteiger partial charge in [0.15, 0.2) is 0 Å². The molecule has 0 atom stereocenters. The average Bonchev–Trinajstić information content (AvgIpc) is 2.80. The molecule has 1 aromatic carbocycles. The van der Waals surface area contributed by atoms with Crippen LogP contribution in [-0.4, -0.2) is 4.98 Å². The van der Waals surface area contributed by atoms with Gasteiger partial charge in [0.2, 0.25) is 0 Å². The van der Waals surface area contributed by atoms with Crippen LogP contribution in [-0.2, 0) is 0 Å². The van der Waals surface area contributed by atoms with Gasteiger partial charge in [0.25, 0.3) is 0 Å². The summed E-state index contributed by atoms with van der Waals surface area (Å²) >= 11 is 0. The Bertz CT molecular complexity index is 530. The lowest BCUT2D eigenvalue weighted by Crippen LogP contribution is -2.04. The smallest absolute Gasteiger partial charge is 0.0488 e. The second kappa shape index (κ2) is 4.21. The quantitative estimate of drug-likeness (QED) is 0.718. The molecule has 3 rings (SSSR count). The van der Waals surface area contributed by atoms with Crippen molar-refractivity contribution in [2.45, 2.75) is 51.9 Å². The third kappa shape index (κ3) is 1.88. The third-order valence-corrected chi connectivity index (χ3v) is 4.39. The van der Waals surface area contributed by atoms with Gasteiger partial charge in [0, 0.05) is 11.2 Å². The van der Waals surface area contributed by atoms with Crippen LogP contribution in [0.1, 0.15) is 54.8 Å². The molecule has 1 heterocycles. The molecule has 1 N–H and O–H groups in total. The summed E-state index contributed by atoms with van der Waals surface area (Å²) in [4.78, 5) is 3.67. The highest BCUT2D eigenvalue weighted by Crippen LogP contribution is 2.34. The van der Waals surface area contributed by atoms with Crippen LogP contribution in [0.25, 0.3) is 10.9 Å². The SMILES string of the molecule is Cc1ccc2cc(C3CCCCC3)[nH]c2c1C. The third-order valence-electron chi connectivity index (χ3n) is 4.39. The minimum Gasteiger partial charge on any atom is -0.358 e. The standard InChI is InChI=1S/C16H21N/c1-11-8-9-14-10-15(17-16(14)12(11)2)13-6-4-3-5-7-13/h8-10,13,17H,3-7H2,1-2H3. The number of aromatic nitrogens is 1. The second-order valence-electron chi connectivity index (χ2n) is 5.53. The molecular formula is C16H21N. The lowest BCUT2D eigenvalue weighted by molar-refractivity contribution is 0.438. The zero-order chi connectivity index (χ0) is 11.8. The number of rotatable bonds is 1. The van der Waals surface area contributed by atoms with Crippen molar-refractivity contribution in [3.05, 3.63) is 35.0 Å². The Morgan fingerprint density at radius 3 is 2.59 bits per heavy atom. The number of fused-ring (bicyclic) bond motifs is 1. The monoisotopic (exact) mass is 227 g/mol. The van der Waals surface area contributed by atoms with E-state index in [4.69, 9.17) is 0 Å². The molecular weight excluding hydrogens is 206 g/mol. The van der Waals surface area contributed by atoms with Crippen molar-refractivity contribution in [3.63, 3.8) is 0 Å². The topological polar surface area (TPSA) is 15.8 Å². The molecule has 1 nitrogen and oxygen atoms in total. The minimum atomic E-state index is 0.774. The van der Waals surface area contributed by atoms with E-state index in [1.807, 2.05) is 0 Å². The molecule has 0 bridgehead atoms. The van der Waals surface area contributed by atoms with Crippen LogP contribution < -0.4 is 0 Å². The summed E-state index contributed by atoms with van der Waals surface area (Å²) in [7, 11) is 0. The summed E-state index contributed by atoms with van der Waals surface area (Å²) < 4.78 is 0. The van der Waals surface area contributed by atoms with E-state index in [1.165, 1.54) is 59.8 Å². The van der Waals surface area contributed by atoms with Crippen LogP contribution in [0.2, 0.25) is 0 Å². The number of hydrogen-bond acceptors (Lipinski definition) is 0. The average molecular weight is 227 g/mol. The van der Waals surface area contributed by atoms with Crippen LogP contribution >= 0.6 is 0 Å². The molecule has 0 radical (unpaired) electrons. The van der Waals surface area contributed by atoms with Crippen molar-refractivity contribution in [2.24, 2.45) is 0 Å². The maximum Gasteiger partial charge on any atom is 0.0488 e. The molecule has 0 aliphatic heterocycles. The zero-order valence-electron chi connectivity index (χ0n) is 10.8. The van der Waals surface area contributed by atoms with Gasteiger partial charge in [0.1, 0.15) is 0 Å². The van der Waals surface area contributed by atoms with Crippen molar-refractivity contribution in [1.82, 2.24) is 4.98 Å². The fourth-order valence-corrected chi connectivity index (χ4v) is 3.10. The Balaban J connectivity index is 2.04. The summed E-state index contributed by atoms with van der Waals surface area (Å²) in [5.74, 6) is 0.774. The van der Waals surface area contributed by atoms with E-state index in [1.54, 1.807) is 0 Å². The van der Waals surface area contributed by atoms with E-state index in [-0.39, 0.29) is 0 Å². The molecule has 0 spiro atoms. The molecule has 0 saturated heterocycles. The highest BCUT2D eigenvalue weighted by Gasteiger charge is 2.17. The molecule has 2 aromatic rings. The molecule has 1 aliphatic carbocycles. The lowest BCUT2D eigenvalue weighted by Gasteiger charge is -2.20. The van der Waals surface area contributed by atoms with E-state index in [2.05, 4.69) is 37.0 Å². The Hall–Kier alpha value is -1.24. The summed E-state index contributed by atoms with van der Waals surface area (Å²) in [6, 6.07) is 6.86. The predicted molar refractivity (Wildman–Crippen MR) is 73.6 cm³/mol. The van der Waals surface area contributed by atoms with Gasteiger partial charge < -0.3 is 4.98 Å². The largest absolute Gasteiger partial charge is 0.358 e. The number of H-pyrrole nitrogens is 1. The fraction of sp³-hybridized carbons (Fsp3) is 0.500. The maximum absolute atomic E-state index is 3.67. The molecule has 1 aliphatic rings. The molecule has 1 heteroatoms. The zero-order valence-corrected chi connectivity index (χ0v) is 10.8. The first-order valence-electron chi connectivity index (χ1n) is 6.84. The van der Waals surface area contributed by atoms with E-state index in [9.17, 15) is 0 Å². The van der Waals surface area contributed by atoms with Gasteiger partial charge in [-0.25, -0.2) is 0 Å². The normalized spacial score (nSPS) is 17.8. The van der Waals surface area contributed by atoms with Crippen LogP contribution in [0, 0.1) is 13.8 Å². The van der Waals surface area contributed by atoms with Gasteiger partial charge >= 0.3 is 0 Å². The van der Waals surface area contributed by atoms with Gasteiger partial charge in [-0.15, -0.1) is 0 Å². The lowest BCUT2D eigenvalue weighted by atomic mass is 9.87. The molecule has 90 valence electrons. The van der Waals surface area contributed by atoms with Crippen molar-refractivity contribution in [2.75, 3.05) is 0 Å². The summed E-state index contributed by atoms with van der Waals surface area (Å²) in [6.07, 6.45) is 6.96. The summed E-state index contributed by atoms with van der Waals surface area (Å²) in [5, 5.41) is 1.38. The minimum absolute atomic E-state index is 0.774. The molecule has 17 heavy (non-hydrogen) atoms. The number of nitrogens with one attached hydrogen (secondary N) is 1. The van der Waals surface area contributed by atoms with Crippen molar-refractivity contribution < 1.29 is 0 Å². The van der Waals surface area contributed by atoms with Gasteiger partial charge in [-0.05, 0) is 55.2 Å². The Morgan fingerprint density at radius 1 is 1.06 bits per heavy atom. The Labute approximate surface area is 103 Å². The Morgan fingerprint density at radius 2 is 1.82 bits per heavy atom. The van der Waals surface area contributed by atoms with E-state index < -0.39 is 0 Å². The predicted octanol–water partition coefficient (Wildman–Crippen LogP) is 4.83. The maximum atomic E-state index is 3.67. The second-order valence-corrected chi connectivity index (χ2v) is 5.53.